The predicted molar refractivity (Wildman–Crippen MR) is 133 cm³/mol. The number of carbonyl (C=O) groups excluding carboxylic acids is 2. The van der Waals surface area contributed by atoms with Crippen molar-refractivity contribution in [3.05, 3.63) is 131 Å². The van der Waals surface area contributed by atoms with Crippen molar-refractivity contribution in [2.45, 2.75) is 19.9 Å². The molecule has 4 nitrogen and oxygen atoms in total. The monoisotopic (exact) mass is 470 g/mol. The highest BCUT2D eigenvalue weighted by Gasteiger charge is 2.22. The topological polar surface area (TPSA) is 49.4 Å². The van der Waals surface area contributed by atoms with Crippen LogP contribution in [0.1, 0.15) is 27.0 Å². The van der Waals surface area contributed by atoms with Crippen LogP contribution in [0, 0.1) is 18.6 Å². The second-order valence-electron chi connectivity index (χ2n) is 8.27. The number of rotatable bonds is 7. The van der Waals surface area contributed by atoms with Gasteiger partial charge in [0, 0.05) is 17.4 Å². The van der Waals surface area contributed by atoms with Gasteiger partial charge in [-0.1, -0.05) is 54.6 Å². The van der Waals surface area contributed by atoms with Gasteiger partial charge in [-0.3, -0.25) is 9.59 Å². The van der Waals surface area contributed by atoms with Crippen LogP contribution in [-0.2, 0) is 17.8 Å². The zero-order valence-electron chi connectivity index (χ0n) is 19.2. The summed E-state index contributed by atoms with van der Waals surface area (Å²) in [6.07, 6.45) is 0.0973. The number of benzene rings is 4. The second kappa shape index (κ2) is 10.7. The molecular formula is C29H24F2N2O2. The Morgan fingerprint density at radius 2 is 1.54 bits per heavy atom. The van der Waals surface area contributed by atoms with E-state index in [1.807, 2.05) is 61.5 Å². The summed E-state index contributed by atoms with van der Waals surface area (Å²) >= 11 is 0. The molecule has 0 radical (unpaired) electrons. The summed E-state index contributed by atoms with van der Waals surface area (Å²) in [6.45, 7) is 2.12. The lowest BCUT2D eigenvalue weighted by molar-refractivity contribution is -0.115. The van der Waals surface area contributed by atoms with E-state index in [9.17, 15) is 18.4 Å². The Hall–Kier alpha value is -4.32. The van der Waals surface area contributed by atoms with E-state index in [4.69, 9.17) is 0 Å². The summed E-state index contributed by atoms with van der Waals surface area (Å²) in [4.78, 5) is 27.4. The van der Waals surface area contributed by atoms with Crippen LogP contribution in [0.4, 0.5) is 20.2 Å². The predicted octanol–water partition coefficient (Wildman–Crippen LogP) is 6.30. The highest BCUT2D eigenvalue weighted by Crippen LogP contribution is 2.24. The first-order valence-corrected chi connectivity index (χ1v) is 11.2. The third-order valence-electron chi connectivity index (χ3n) is 5.48. The first kappa shape index (κ1) is 23.8. The summed E-state index contributed by atoms with van der Waals surface area (Å²) in [6, 6.07) is 26.7. The van der Waals surface area contributed by atoms with E-state index in [0.717, 1.165) is 23.3 Å². The van der Waals surface area contributed by atoms with Crippen LogP contribution < -0.4 is 10.2 Å². The molecular weight excluding hydrogens is 446 g/mol. The standard InChI is InChI=1S/C29H24F2N2O2/c1-20-7-5-11-24(15-20)32-28(34)17-22-10-6-12-25(16-22)33(19-21-8-3-2-4-9-21)29(35)26-14-13-23(30)18-27(26)31/h2-16,18H,17,19H2,1H3,(H,32,34). The summed E-state index contributed by atoms with van der Waals surface area (Å²) < 4.78 is 27.9. The van der Waals surface area contributed by atoms with E-state index in [-0.39, 0.29) is 24.4 Å². The number of halogens is 2. The number of nitrogens with zero attached hydrogens (tertiary/aromatic N) is 1. The summed E-state index contributed by atoms with van der Waals surface area (Å²) in [5.41, 5.74) is 3.55. The van der Waals surface area contributed by atoms with Gasteiger partial charge in [0.2, 0.25) is 5.91 Å². The van der Waals surface area contributed by atoms with E-state index < -0.39 is 17.5 Å². The largest absolute Gasteiger partial charge is 0.326 e. The Kier molecular flexibility index (Phi) is 7.31. The first-order valence-electron chi connectivity index (χ1n) is 11.2. The molecule has 0 aliphatic rings. The number of amides is 2. The summed E-state index contributed by atoms with van der Waals surface area (Å²) in [5, 5.41) is 2.88. The summed E-state index contributed by atoms with van der Waals surface area (Å²) in [5.74, 6) is -2.48. The van der Waals surface area contributed by atoms with Crippen LogP contribution in [0.15, 0.2) is 97.1 Å². The Bertz CT molecular complexity index is 1360. The van der Waals surface area contributed by atoms with Crippen molar-refractivity contribution in [2.75, 3.05) is 10.2 Å². The number of hydrogen-bond donors (Lipinski definition) is 1. The van der Waals surface area contributed by atoms with Crippen LogP contribution in [0.3, 0.4) is 0 Å². The van der Waals surface area contributed by atoms with Crippen molar-refractivity contribution in [2.24, 2.45) is 0 Å². The lowest BCUT2D eigenvalue weighted by atomic mass is 10.1. The molecule has 0 saturated heterocycles. The molecule has 1 N–H and O–H groups in total. The molecule has 4 aromatic rings. The highest BCUT2D eigenvalue weighted by atomic mass is 19.1. The SMILES string of the molecule is Cc1cccc(NC(=O)Cc2cccc(N(Cc3ccccc3)C(=O)c3ccc(F)cc3F)c2)c1. The Morgan fingerprint density at radius 1 is 0.800 bits per heavy atom. The van der Waals surface area contributed by atoms with E-state index in [0.29, 0.717) is 23.0 Å². The molecule has 4 rings (SSSR count). The molecule has 0 aliphatic heterocycles. The molecule has 2 amide bonds. The molecule has 6 heteroatoms. The summed E-state index contributed by atoms with van der Waals surface area (Å²) in [7, 11) is 0. The minimum absolute atomic E-state index is 0.0973. The molecule has 0 atom stereocenters. The van der Waals surface area contributed by atoms with Gasteiger partial charge in [-0.15, -0.1) is 0 Å². The lowest BCUT2D eigenvalue weighted by Gasteiger charge is -2.24. The van der Waals surface area contributed by atoms with Crippen molar-refractivity contribution in [1.29, 1.82) is 0 Å². The van der Waals surface area contributed by atoms with Crippen LogP contribution in [0.5, 0.6) is 0 Å². The van der Waals surface area contributed by atoms with Gasteiger partial charge in [-0.25, -0.2) is 8.78 Å². The molecule has 176 valence electrons. The normalized spacial score (nSPS) is 10.6. The third kappa shape index (κ3) is 6.18. The zero-order valence-corrected chi connectivity index (χ0v) is 19.2. The fourth-order valence-corrected chi connectivity index (χ4v) is 3.80. The fraction of sp³-hybridized carbons (Fsp3) is 0.103. The first-order chi connectivity index (χ1) is 16.9. The van der Waals surface area contributed by atoms with Gasteiger partial charge < -0.3 is 10.2 Å². The van der Waals surface area contributed by atoms with Gasteiger partial charge >= 0.3 is 0 Å². The molecule has 0 bridgehead atoms. The van der Waals surface area contributed by atoms with Gasteiger partial charge in [0.1, 0.15) is 11.6 Å². The zero-order chi connectivity index (χ0) is 24.8. The smallest absolute Gasteiger partial charge is 0.261 e. The number of carbonyl (C=O) groups is 2. The van der Waals surface area contributed by atoms with Gasteiger partial charge in [-0.2, -0.15) is 0 Å². The fourth-order valence-electron chi connectivity index (χ4n) is 3.80. The Balaban J connectivity index is 1.61. The van der Waals surface area contributed by atoms with Crippen molar-refractivity contribution >= 4 is 23.2 Å². The third-order valence-corrected chi connectivity index (χ3v) is 5.48. The minimum Gasteiger partial charge on any atom is -0.326 e. The van der Waals surface area contributed by atoms with Crippen molar-refractivity contribution < 1.29 is 18.4 Å². The molecule has 0 heterocycles. The molecule has 4 aromatic carbocycles. The maximum atomic E-state index is 14.5. The molecule has 0 unspecified atom stereocenters. The van der Waals surface area contributed by atoms with E-state index in [1.165, 1.54) is 4.90 Å². The van der Waals surface area contributed by atoms with Crippen LogP contribution >= 0.6 is 0 Å². The van der Waals surface area contributed by atoms with E-state index >= 15 is 0 Å². The van der Waals surface area contributed by atoms with Crippen LogP contribution in [-0.4, -0.2) is 11.8 Å². The van der Waals surface area contributed by atoms with Crippen LogP contribution in [0.2, 0.25) is 0 Å². The second-order valence-corrected chi connectivity index (χ2v) is 8.27. The molecule has 0 saturated carbocycles. The average Bonchev–Trinajstić information content (AvgIpc) is 2.83. The lowest BCUT2D eigenvalue weighted by Crippen LogP contribution is -2.31. The van der Waals surface area contributed by atoms with Gasteiger partial charge in [0.05, 0.1) is 18.5 Å². The molecule has 0 aromatic heterocycles. The van der Waals surface area contributed by atoms with Crippen molar-refractivity contribution in [1.82, 2.24) is 0 Å². The average molecular weight is 471 g/mol. The van der Waals surface area contributed by atoms with Gasteiger partial charge in [0.25, 0.3) is 5.91 Å². The van der Waals surface area contributed by atoms with E-state index in [2.05, 4.69) is 5.32 Å². The molecule has 0 fully saturated rings. The van der Waals surface area contributed by atoms with E-state index in [1.54, 1.807) is 24.3 Å². The molecule has 0 aliphatic carbocycles. The molecule has 35 heavy (non-hydrogen) atoms. The Labute approximate surface area is 202 Å². The number of anilines is 2. The maximum absolute atomic E-state index is 14.5. The maximum Gasteiger partial charge on any atom is 0.261 e. The van der Waals surface area contributed by atoms with Gasteiger partial charge in [0.15, 0.2) is 0 Å². The minimum atomic E-state index is -0.929. The quantitative estimate of drug-likeness (QED) is 0.345. The van der Waals surface area contributed by atoms with Crippen molar-refractivity contribution in [3.63, 3.8) is 0 Å². The van der Waals surface area contributed by atoms with Crippen molar-refractivity contribution in [3.8, 4) is 0 Å². The van der Waals surface area contributed by atoms with Crippen LogP contribution in [0.25, 0.3) is 0 Å². The molecule has 0 spiro atoms. The van der Waals surface area contributed by atoms with Gasteiger partial charge in [-0.05, 0) is 60.0 Å². The highest BCUT2D eigenvalue weighted by molar-refractivity contribution is 6.06. The number of aryl methyl sites for hydroxylation is 1. The Morgan fingerprint density at radius 3 is 2.29 bits per heavy atom. The number of nitrogens with one attached hydrogen (secondary N) is 1. The number of hydrogen-bond acceptors (Lipinski definition) is 2.